The third-order valence-electron chi connectivity index (χ3n) is 4.19. The van der Waals surface area contributed by atoms with Gasteiger partial charge in [-0.3, -0.25) is 4.90 Å². The molecular weight excluding hydrogens is 302 g/mol. The van der Waals surface area contributed by atoms with E-state index in [4.69, 9.17) is 11.5 Å². The monoisotopic (exact) mass is 345 g/mol. The van der Waals surface area contributed by atoms with Crippen LogP contribution in [-0.2, 0) is 0 Å². The Morgan fingerprint density at radius 2 is 1.33 bits per heavy atom. The van der Waals surface area contributed by atoms with Crippen LogP contribution in [0.2, 0.25) is 0 Å². The summed E-state index contributed by atoms with van der Waals surface area (Å²) in [5.74, 6) is 0. The third kappa shape index (κ3) is 14.1. The van der Waals surface area contributed by atoms with E-state index in [1.165, 1.54) is 6.42 Å². The van der Waals surface area contributed by atoms with Crippen molar-refractivity contribution >= 4 is 0 Å². The minimum absolute atomic E-state index is 0.705. The SMILES string of the molecule is CCCN(CCN)CCN(C)CCN(CCNC)CCNCCN. The van der Waals surface area contributed by atoms with Crippen molar-refractivity contribution in [1.82, 2.24) is 25.3 Å². The number of nitrogens with one attached hydrogen (secondary N) is 2. The summed E-state index contributed by atoms with van der Waals surface area (Å²) in [6.45, 7) is 15.3. The average molecular weight is 346 g/mol. The number of rotatable bonds is 18. The van der Waals surface area contributed by atoms with Gasteiger partial charge in [-0.05, 0) is 27.1 Å². The highest BCUT2D eigenvalue weighted by Gasteiger charge is 2.08. The maximum absolute atomic E-state index is 5.70. The van der Waals surface area contributed by atoms with Crippen LogP contribution in [0.5, 0.6) is 0 Å². The number of hydrogen-bond donors (Lipinski definition) is 4. The van der Waals surface area contributed by atoms with E-state index < -0.39 is 0 Å². The normalized spacial score (nSPS) is 12.0. The second-order valence-corrected chi connectivity index (χ2v) is 6.42. The van der Waals surface area contributed by atoms with Crippen LogP contribution in [0.4, 0.5) is 0 Å². The smallest absolute Gasteiger partial charge is 0.0110 e. The lowest BCUT2D eigenvalue weighted by Crippen LogP contribution is -2.42. The molecular formula is C17H43N7. The van der Waals surface area contributed by atoms with Crippen LogP contribution in [0, 0.1) is 0 Å². The van der Waals surface area contributed by atoms with E-state index >= 15 is 0 Å². The summed E-state index contributed by atoms with van der Waals surface area (Å²) in [5.41, 5.74) is 11.2. The molecule has 0 radical (unpaired) electrons. The van der Waals surface area contributed by atoms with E-state index in [0.29, 0.717) is 6.54 Å². The van der Waals surface area contributed by atoms with E-state index in [1.54, 1.807) is 0 Å². The first-order valence-electron chi connectivity index (χ1n) is 9.56. The predicted molar refractivity (Wildman–Crippen MR) is 106 cm³/mol. The largest absolute Gasteiger partial charge is 0.329 e. The van der Waals surface area contributed by atoms with Crippen molar-refractivity contribution in [2.24, 2.45) is 11.5 Å². The highest BCUT2D eigenvalue weighted by Crippen LogP contribution is 1.94. The van der Waals surface area contributed by atoms with Gasteiger partial charge in [0.2, 0.25) is 0 Å². The Bertz CT molecular complexity index is 247. The van der Waals surface area contributed by atoms with Gasteiger partial charge in [-0.15, -0.1) is 0 Å². The van der Waals surface area contributed by atoms with Gasteiger partial charge in [0.25, 0.3) is 0 Å². The lowest BCUT2D eigenvalue weighted by molar-refractivity contribution is 0.198. The van der Waals surface area contributed by atoms with Crippen LogP contribution in [0.25, 0.3) is 0 Å². The van der Waals surface area contributed by atoms with Crippen LogP contribution < -0.4 is 22.1 Å². The molecule has 6 N–H and O–H groups in total. The molecule has 0 aliphatic carbocycles. The summed E-state index contributed by atoms with van der Waals surface area (Å²) < 4.78 is 0. The number of nitrogens with two attached hydrogens (primary N) is 2. The Morgan fingerprint density at radius 3 is 1.88 bits per heavy atom. The van der Waals surface area contributed by atoms with Gasteiger partial charge in [0.1, 0.15) is 0 Å². The Labute approximate surface area is 150 Å². The first-order chi connectivity index (χ1) is 11.7. The zero-order valence-electron chi connectivity index (χ0n) is 16.4. The summed E-state index contributed by atoms with van der Waals surface area (Å²) in [5, 5.41) is 6.62. The van der Waals surface area contributed by atoms with Gasteiger partial charge in [-0.2, -0.15) is 0 Å². The van der Waals surface area contributed by atoms with Crippen molar-refractivity contribution in [1.29, 1.82) is 0 Å². The van der Waals surface area contributed by atoms with E-state index in [9.17, 15) is 0 Å². The lowest BCUT2D eigenvalue weighted by Gasteiger charge is -2.28. The summed E-state index contributed by atoms with van der Waals surface area (Å²) in [6, 6.07) is 0. The Hall–Kier alpha value is -0.280. The molecule has 0 aromatic heterocycles. The fourth-order valence-corrected chi connectivity index (χ4v) is 2.64. The van der Waals surface area contributed by atoms with E-state index in [1.807, 2.05) is 7.05 Å². The van der Waals surface area contributed by atoms with Gasteiger partial charge >= 0.3 is 0 Å². The standard InChI is InChI=1S/C17H43N7/c1-4-10-23(11-6-19)16-14-22(3)15-17-24(12-8-20-2)13-9-21-7-5-18/h20-21H,4-19H2,1-3H3. The predicted octanol–water partition coefficient (Wildman–Crippen LogP) is -1.34. The molecule has 146 valence electrons. The van der Waals surface area contributed by atoms with Crippen molar-refractivity contribution in [3.8, 4) is 0 Å². The summed E-state index contributed by atoms with van der Waals surface area (Å²) in [7, 11) is 4.23. The zero-order valence-corrected chi connectivity index (χ0v) is 16.4. The maximum Gasteiger partial charge on any atom is 0.0110 e. The Balaban J connectivity index is 4.01. The molecule has 0 aromatic carbocycles. The molecule has 0 aromatic rings. The molecule has 0 fully saturated rings. The van der Waals surface area contributed by atoms with Gasteiger partial charge in [0.15, 0.2) is 0 Å². The fourth-order valence-electron chi connectivity index (χ4n) is 2.64. The lowest BCUT2D eigenvalue weighted by atomic mass is 10.3. The number of likely N-dealkylation sites (N-methyl/N-ethyl adjacent to an activating group) is 2. The molecule has 0 saturated carbocycles. The highest BCUT2D eigenvalue weighted by molar-refractivity contribution is 4.66. The number of hydrogen-bond acceptors (Lipinski definition) is 7. The molecule has 24 heavy (non-hydrogen) atoms. The van der Waals surface area contributed by atoms with Gasteiger partial charge in [-0.1, -0.05) is 6.92 Å². The van der Waals surface area contributed by atoms with E-state index in [-0.39, 0.29) is 0 Å². The van der Waals surface area contributed by atoms with Crippen LogP contribution >= 0.6 is 0 Å². The quantitative estimate of drug-likeness (QED) is 0.229. The third-order valence-corrected chi connectivity index (χ3v) is 4.19. The molecule has 0 bridgehead atoms. The molecule has 0 unspecified atom stereocenters. The molecule has 7 heteroatoms. The van der Waals surface area contributed by atoms with Gasteiger partial charge < -0.3 is 31.9 Å². The molecule has 0 amide bonds. The zero-order chi connectivity index (χ0) is 18.0. The van der Waals surface area contributed by atoms with Crippen LogP contribution in [-0.4, -0.2) is 114 Å². The second-order valence-electron chi connectivity index (χ2n) is 6.42. The van der Waals surface area contributed by atoms with Crippen LogP contribution in [0.1, 0.15) is 13.3 Å². The average Bonchev–Trinajstić information content (AvgIpc) is 2.58. The van der Waals surface area contributed by atoms with Crippen molar-refractivity contribution in [3.63, 3.8) is 0 Å². The van der Waals surface area contributed by atoms with Gasteiger partial charge in [-0.25, -0.2) is 0 Å². The minimum atomic E-state index is 0.705. The molecule has 0 heterocycles. The minimum Gasteiger partial charge on any atom is -0.329 e. The maximum atomic E-state index is 5.70. The van der Waals surface area contributed by atoms with Crippen LogP contribution in [0.3, 0.4) is 0 Å². The van der Waals surface area contributed by atoms with Crippen molar-refractivity contribution < 1.29 is 0 Å². The second kappa shape index (κ2) is 17.5. The van der Waals surface area contributed by atoms with E-state index in [0.717, 1.165) is 78.5 Å². The van der Waals surface area contributed by atoms with Crippen molar-refractivity contribution in [3.05, 3.63) is 0 Å². The van der Waals surface area contributed by atoms with Crippen LogP contribution in [0.15, 0.2) is 0 Å². The molecule has 7 nitrogen and oxygen atoms in total. The summed E-state index contributed by atoms with van der Waals surface area (Å²) in [6.07, 6.45) is 1.19. The Morgan fingerprint density at radius 1 is 0.708 bits per heavy atom. The summed E-state index contributed by atoms with van der Waals surface area (Å²) in [4.78, 5) is 7.41. The van der Waals surface area contributed by atoms with E-state index in [2.05, 4.69) is 39.3 Å². The van der Waals surface area contributed by atoms with Gasteiger partial charge in [0, 0.05) is 78.5 Å². The van der Waals surface area contributed by atoms with Crippen molar-refractivity contribution in [2.45, 2.75) is 13.3 Å². The molecule has 0 rings (SSSR count). The molecule has 0 spiro atoms. The fraction of sp³-hybridized carbons (Fsp3) is 1.00. The molecule has 0 saturated heterocycles. The first-order valence-corrected chi connectivity index (χ1v) is 9.56. The topological polar surface area (TPSA) is 85.8 Å². The molecule has 0 atom stereocenters. The number of nitrogens with zero attached hydrogens (tertiary/aromatic N) is 3. The highest BCUT2D eigenvalue weighted by atomic mass is 15.2. The first kappa shape index (κ1) is 23.7. The molecule has 0 aliphatic rings. The van der Waals surface area contributed by atoms with Gasteiger partial charge in [0.05, 0.1) is 0 Å². The van der Waals surface area contributed by atoms with Crippen molar-refractivity contribution in [2.75, 3.05) is 99.2 Å². The summed E-state index contributed by atoms with van der Waals surface area (Å²) >= 11 is 0. The Kier molecular flexibility index (Phi) is 17.3. The molecule has 0 aliphatic heterocycles.